The summed E-state index contributed by atoms with van der Waals surface area (Å²) in [5.41, 5.74) is 1.58. The van der Waals surface area contributed by atoms with Crippen LogP contribution >= 0.6 is 0 Å². The molecule has 0 saturated carbocycles. The first-order valence-electron chi connectivity index (χ1n) is 6.28. The summed E-state index contributed by atoms with van der Waals surface area (Å²) in [5.74, 6) is 0. The maximum absolute atomic E-state index is 4.33. The van der Waals surface area contributed by atoms with Gasteiger partial charge in [-0.3, -0.25) is 4.68 Å². The van der Waals surface area contributed by atoms with Crippen LogP contribution in [0.5, 0.6) is 0 Å². The van der Waals surface area contributed by atoms with Gasteiger partial charge in [-0.25, -0.2) is 0 Å². The summed E-state index contributed by atoms with van der Waals surface area (Å²) in [6.45, 7) is 10.9. The molecule has 0 saturated heterocycles. The van der Waals surface area contributed by atoms with E-state index in [1.165, 1.54) is 12.1 Å². The fourth-order valence-electron chi connectivity index (χ4n) is 1.72. The van der Waals surface area contributed by atoms with Crippen molar-refractivity contribution in [2.75, 3.05) is 6.54 Å². The molecule has 0 bridgehead atoms. The highest BCUT2D eigenvalue weighted by molar-refractivity contribution is 5.00. The van der Waals surface area contributed by atoms with Crippen molar-refractivity contribution < 1.29 is 0 Å². The number of aryl methyl sites for hydroxylation is 2. The van der Waals surface area contributed by atoms with E-state index in [1.54, 1.807) is 0 Å². The molecule has 16 heavy (non-hydrogen) atoms. The Bertz CT molecular complexity index is 296. The number of aromatic nitrogens is 2. The monoisotopic (exact) mass is 223 g/mol. The fraction of sp³-hybridized carbons (Fsp3) is 0.769. The summed E-state index contributed by atoms with van der Waals surface area (Å²) in [4.78, 5) is 0. The Hall–Kier alpha value is -0.830. The van der Waals surface area contributed by atoms with Gasteiger partial charge in [-0.05, 0) is 52.6 Å². The van der Waals surface area contributed by atoms with E-state index < -0.39 is 0 Å². The molecule has 0 unspecified atom stereocenters. The number of nitrogens with one attached hydrogen (secondary N) is 1. The zero-order chi connectivity index (χ0) is 12.0. The van der Waals surface area contributed by atoms with Crippen molar-refractivity contribution in [2.45, 2.75) is 59.0 Å². The molecular formula is C13H25N3. The van der Waals surface area contributed by atoms with Crippen LogP contribution in [-0.4, -0.2) is 21.9 Å². The summed E-state index contributed by atoms with van der Waals surface area (Å²) in [7, 11) is 0. The van der Waals surface area contributed by atoms with E-state index >= 15 is 0 Å². The molecule has 0 aliphatic rings. The van der Waals surface area contributed by atoms with Gasteiger partial charge in [-0.2, -0.15) is 5.10 Å². The third-order valence-electron chi connectivity index (χ3n) is 2.50. The van der Waals surface area contributed by atoms with E-state index in [9.17, 15) is 0 Å². The second-order valence-corrected chi connectivity index (χ2v) is 5.33. The van der Waals surface area contributed by atoms with Crippen molar-refractivity contribution in [3.8, 4) is 0 Å². The van der Waals surface area contributed by atoms with Gasteiger partial charge in [0.05, 0.1) is 0 Å². The topological polar surface area (TPSA) is 29.9 Å². The molecule has 0 radical (unpaired) electrons. The van der Waals surface area contributed by atoms with Gasteiger partial charge in [-0.15, -0.1) is 0 Å². The first kappa shape index (κ1) is 13.2. The van der Waals surface area contributed by atoms with Gasteiger partial charge in [0, 0.05) is 24.0 Å². The molecular weight excluding hydrogens is 198 g/mol. The van der Waals surface area contributed by atoms with Crippen molar-refractivity contribution in [2.24, 2.45) is 0 Å². The zero-order valence-corrected chi connectivity index (χ0v) is 11.1. The molecule has 0 amide bonds. The van der Waals surface area contributed by atoms with Gasteiger partial charge in [0.2, 0.25) is 0 Å². The van der Waals surface area contributed by atoms with Crippen molar-refractivity contribution in [3.05, 3.63) is 18.0 Å². The second kappa shape index (κ2) is 6.04. The SMILES string of the molecule is CCCn1nccc1CCCNC(C)(C)C. The summed E-state index contributed by atoms with van der Waals surface area (Å²) >= 11 is 0. The zero-order valence-electron chi connectivity index (χ0n) is 11.1. The maximum Gasteiger partial charge on any atom is 0.0492 e. The Labute approximate surface area is 99.2 Å². The Morgan fingerprint density at radius 2 is 2.12 bits per heavy atom. The van der Waals surface area contributed by atoms with E-state index in [1.807, 2.05) is 6.20 Å². The average Bonchev–Trinajstić information content (AvgIpc) is 2.60. The second-order valence-electron chi connectivity index (χ2n) is 5.33. The van der Waals surface area contributed by atoms with Crippen molar-refractivity contribution in [1.29, 1.82) is 0 Å². The van der Waals surface area contributed by atoms with Gasteiger partial charge < -0.3 is 5.32 Å². The van der Waals surface area contributed by atoms with Crippen LogP contribution in [0.4, 0.5) is 0 Å². The Kier molecular flexibility index (Phi) is 5.00. The minimum atomic E-state index is 0.226. The lowest BCUT2D eigenvalue weighted by Gasteiger charge is -2.20. The number of rotatable bonds is 6. The van der Waals surface area contributed by atoms with Crippen molar-refractivity contribution in [1.82, 2.24) is 15.1 Å². The molecule has 1 heterocycles. The summed E-state index contributed by atoms with van der Waals surface area (Å²) < 4.78 is 2.12. The van der Waals surface area contributed by atoms with Crippen molar-refractivity contribution in [3.63, 3.8) is 0 Å². The van der Waals surface area contributed by atoms with Gasteiger partial charge in [0.1, 0.15) is 0 Å². The third-order valence-corrected chi connectivity index (χ3v) is 2.50. The first-order valence-corrected chi connectivity index (χ1v) is 6.28. The largest absolute Gasteiger partial charge is 0.312 e. The van der Waals surface area contributed by atoms with Crippen LogP contribution in [0.1, 0.15) is 46.2 Å². The number of nitrogens with zero attached hydrogens (tertiary/aromatic N) is 2. The maximum atomic E-state index is 4.33. The van der Waals surface area contributed by atoms with Gasteiger partial charge in [0.15, 0.2) is 0 Å². The minimum absolute atomic E-state index is 0.226. The molecule has 92 valence electrons. The molecule has 1 aromatic rings. The highest BCUT2D eigenvalue weighted by atomic mass is 15.3. The molecule has 1 N–H and O–H groups in total. The predicted molar refractivity (Wildman–Crippen MR) is 68.6 cm³/mol. The van der Waals surface area contributed by atoms with E-state index in [-0.39, 0.29) is 5.54 Å². The van der Waals surface area contributed by atoms with Crippen LogP contribution in [0.15, 0.2) is 12.3 Å². The summed E-state index contributed by atoms with van der Waals surface area (Å²) in [6, 6.07) is 2.13. The van der Waals surface area contributed by atoms with Crippen LogP contribution in [0.25, 0.3) is 0 Å². The molecule has 0 atom stereocenters. The number of hydrogen-bond acceptors (Lipinski definition) is 2. The van der Waals surface area contributed by atoms with E-state index in [0.29, 0.717) is 0 Å². The average molecular weight is 223 g/mol. The lowest BCUT2D eigenvalue weighted by atomic mass is 10.1. The molecule has 0 aromatic carbocycles. The normalized spacial score (nSPS) is 12.0. The smallest absolute Gasteiger partial charge is 0.0492 e. The summed E-state index contributed by atoms with van der Waals surface area (Å²) in [6.07, 6.45) is 5.34. The van der Waals surface area contributed by atoms with Crippen LogP contribution in [0, 0.1) is 0 Å². The van der Waals surface area contributed by atoms with Gasteiger partial charge in [-0.1, -0.05) is 6.92 Å². The molecule has 0 fully saturated rings. The standard InChI is InChI=1S/C13H25N3/c1-5-11-16-12(8-10-15-16)7-6-9-14-13(2,3)4/h8,10,14H,5-7,9,11H2,1-4H3. The molecule has 3 heteroatoms. The van der Waals surface area contributed by atoms with Crippen molar-refractivity contribution >= 4 is 0 Å². The molecule has 0 spiro atoms. The third kappa shape index (κ3) is 4.79. The van der Waals surface area contributed by atoms with Crippen LogP contribution in [-0.2, 0) is 13.0 Å². The van der Waals surface area contributed by atoms with E-state index in [4.69, 9.17) is 0 Å². The molecule has 3 nitrogen and oxygen atoms in total. The van der Waals surface area contributed by atoms with E-state index in [2.05, 4.69) is 48.9 Å². The van der Waals surface area contributed by atoms with Crippen LogP contribution < -0.4 is 5.32 Å². The lowest BCUT2D eigenvalue weighted by Crippen LogP contribution is -2.36. The highest BCUT2D eigenvalue weighted by Crippen LogP contribution is 2.04. The Morgan fingerprint density at radius 3 is 2.75 bits per heavy atom. The summed E-state index contributed by atoms with van der Waals surface area (Å²) in [5, 5.41) is 7.84. The van der Waals surface area contributed by atoms with Gasteiger partial charge >= 0.3 is 0 Å². The first-order chi connectivity index (χ1) is 7.53. The quantitative estimate of drug-likeness (QED) is 0.751. The fourth-order valence-corrected chi connectivity index (χ4v) is 1.72. The molecule has 1 aromatic heterocycles. The van der Waals surface area contributed by atoms with E-state index in [0.717, 1.165) is 25.9 Å². The minimum Gasteiger partial charge on any atom is -0.312 e. The Balaban J connectivity index is 2.29. The van der Waals surface area contributed by atoms with Gasteiger partial charge in [0.25, 0.3) is 0 Å². The Morgan fingerprint density at radius 1 is 1.38 bits per heavy atom. The lowest BCUT2D eigenvalue weighted by molar-refractivity contribution is 0.420. The molecule has 0 aliphatic carbocycles. The van der Waals surface area contributed by atoms with Crippen LogP contribution in [0.3, 0.4) is 0 Å². The molecule has 1 rings (SSSR count). The van der Waals surface area contributed by atoms with Crippen LogP contribution in [0.2, 0.25) is 0 Å². The predicted octanol–water partition coefficient (Wildman–Crippen LogP) is 2.61. The molecule has 0 aliphatic heterocycles. The number of hydrogen-bond donors (Lipinski definition) is 1. The highest BCUT2D eigenvalue weighted by Gasteiger charge is 2.08.